The quantitative estimate of drug-likeness (QED) is 0.795. The summed E-state index contributed by atoms with van der Waals surface area (Å²) in [7, 11) is 6.31. The van der Waals surface area contributed by atoms with Gasteiger partial charge >= 0.3 is 0 Å². The fourth-order valence-electron chi connectivity index (χ4n) is 2.79. The van der Waals surface area contributed by atoms with Crippen LogP contribution in [0.2, 0.25) is 0 Å². The number of hydrogen-bond acceptors (Lipinski definition) is 3. The van der Waals surface area contributed by atoms with Crippen molar-refractivity contribution in [3.63, 3.8) is 0 Å². The van der Waals surface area contributed by atoms with Crippen LogP contribution < -0.4 is 0 Å². The highest BCUT2D eigenvalue weighted by atomic mass is 15.2. The molecule has 0 bridgehead atoms. The summed E-state index contributed by atoms with van der Waals surface area (Å²) in [5.41, 5.74) is 1.34. The van der Waals surface area contributed by atoms with E-state index in [-0.39, 0.29) is 0 Å². The molecule has 0 amide bonds. The minimum absolute atomic E-state index is 0.751. The van der Waals surface area contributed by atoms with Crippen molar-refractivity contribution in [2.45, 2.75) is 38.3 Å². The normalized spacial score (nSPS) is 21.7. The average molecular weight is 250 g/mol. The minimum Gasteiger partial charge on any atom is -0.309 e. The molecule has 2 rings (SSSR count). The zero-order chi connectivity index (χ0) is 13.0. The predicted molar refractivity (Wildman–Crippen MR) is 74.4 cm³/mol. The van der Waals surface area contributed by atoms with Gasteiger partial charge < -0.3 is 4.90 Å². The summed E-state index contributed by atoms with van der Waals surface area (Å²) in [6.45, 7) is 3.49. The van der Waals surface area contributed by atoms with E-state index in [9.17, 15) is 0 Å². The van der Waals surface area contributed by atoms with Crippen LogP contribution in [0.4, 0.5) is 0 Å². The molecule has 4 heteroatoms. The summed E-state index contributed by atoms with van der Waals surface area (Å²) in [4.78, 5) is 4.93. The Balaban J connectivity index is 1.90. The number of likely N-dealkylation sites (tertiary alicyclic amines) is 1. The average Bonchev–Trinajstić information content (AvgIpc) is 2.73. The maximum Gasteiger partial charge on any atom is 0.0534 e. The van der Waals surface area contributed by atoms with Crippen molar-refractivity contribution in [2.24, 2.45) is 7.05 Å². The van der Waals surface area contributed by atoms with Crippen molar-refractivity contribution in [1.82, 2.24) is 19.6 Å². The molecule has 1 aromatic heterocycles. The van der Waals surface area contributed by atoms with Gasteiger partial charge in [0.2, 0.25) is 0 Å². The van der Waals surface area contributed by atoms with E-state index in [1.807, 2.05) is 17.9 Å². The van der Waals surface area contributed by atoms with Gasteiger partial charge in [-0.05, 0) is 46.4 Å². The Labute approximate surface area is 111 Å². The molecule has 1 aromatic rings. The third kappa shape index (κ3) is 3.82. The van der Waals surface area contributed by atoms with Gasteiger partial charge in [-0.2, -0.15) is 5.10 Å². The number of nitrogens with zero attached hydrogens (tertiary/aromatic N) is 4. The summed E-state index contributed by atoms with van der Waals surface area (Å²) >= 11 is 0. The first-order valence-electron chi connectivity index (χ1n) is 7.01. The van der Waals surface area contributed by atoms with Crippen molar-refractivity contribution in [3.8, 4) is 0 Å². The second kappa shape index (κ2) is 6.34. The molecule has 0 N–H and O–H groups in total. The largest absolute Gasteiger partial charge is 0.309 e. The van der Waals surface area contributed by atoms with Crippen molar-refractivity contribution in [2.75, 3.05) is 27.2 Å². The van der Waals surface area contributed by atoms with Gasteiger partial charge in [-0.15, -0.1) is 0 Å². The van der Waals surface area contributed by atoms with Crippen molar-refractivity contribution in [1.29, 1.82) is 0 Å². The monoisotopic (exact) mass is 250 g/mol. The smallest absolute Gasteiger partial charge is 0.0534 e. The second-order valence-corrected chi connectivity index (χ2v) is 5.73. The predicted octanol–water partition coefficient (Wildman–Crippen LogP) is 1.73. The molecule has 4 nitrogen and oxygen atoms in total. The fraction of sp³-hybridized carbons (Fsp3) is 0.786. The molecule has 18 heavy (non-hydrogen) atoms. The van der Waals surface area contributed by atoms with Gasteiger partial charge in [0.1, 0.15) is 0 Å². The fourth-order valence-corrected chi connectivity index (χ4v) is 2.79. The Bertz CT molecular complexity index is 358. The van der Waals surface area contributed by atoms with Crippen LogP contribution in [0.15, 0.2) is 12.4 Å². The molecule has 102 valence electrons. The number of rotatable bonds is 5. The lowest BCUT2D eigenvalue weighted by Crippen LogP contribution is -2.40. The number of aryl methyl sites for hydroxylation is 1. The van der Waals surface area contributed by atoms with Crippen molar-refractivity contribution >= 4 is 0 Å². The van der Waals surface area contributed by atoms with Gasteiger partial charge in [-0.25, -0.2) is 0 Å². The molecule has 0 aromatic carbocycles. The van der Waals surface area contributed by atoms with Crippen LogP contribution in [0, 0.1) is 0 Å². The van der Waals surface area contributed by atoms with Gasteiger partial charge in [-0.1, -0.05) is 6.42 Å². The Hall–Kier alpha value is -0.870. The maximum atomic E-state index is 4.26. The van der Waals surface area contributed by atoms with E-state index in [2.05, 4.69) is 35.2 Å². The molecular formula is C14H26N4. The van der Waals surface area contributed by atoms with Crippen LogP contribution in [0.3, 0.4) is 0 Å². The first-order chi connectivity index (χ1) is 8.65. The number of hydrogen-bond donors (Lipinski definition) is 0. The molecular weight excluding hydrogens is 224 g/mol. The highest BCUT2D eigenvalue weighted by Gasteiger charge is 2.22. The summed E-state index contributed by atoms with van der Waals surface area (Å²) in [6, 6.07) is 0.751. The van der Waals surface area contributed by atoms with E-state index in [0.29, 0.717) is 0 Å². The topological polar surface area (TPSA) is 24.3 Å². The second-order valence-electron chi connectivity index (χ2n) is 5.73. The van der Waals surface area contributed by atoms with E-state index in [0.717, 1.165) is 12.6 Å². The SMILES string of the molecule is CN(C)CC[C@H]1CCCCN1Cc1cnn(C)c1. The van der Waals surface area contributed by atoms with E-state index in [4.69, 9.17) is 0 Å². The molecule has 1 aliphatic heterocycles. The van der Waals surface area contributed by atoms with Gasteiger partial charge in [-0.3, -0.25) is 9.58 Å². The Morgan fingerprint density at radius 2 is 2.22 bits per heavy atom. The van der Waals surface area contributed by atoms with Gasteiger partial charge in [0.25, 0.3) is 0 Å². The molecule has 1 atom stereocenters. The van der Waals surface area contributed by atoms with E-state index in [1.165, 1.54) is 44.3 Å². The number of aromatic nitrogens is 2. The molecule has 1 fully saturated rings. The molecule has 0 spiro atoms. The molecule has 0 saturated carbocycles. The van der Waals surface area contributed by atoms with E-state index >= 15 is 0 Å². The van der Waals surface area contributed by atoms with Crippen molar-refractivity contribution in [3.05, 3.63) is 18.0 Å². The number of piperidine rings is 1. The molecule has 1 aliphatic rings. The Morgan fingerprint density at radius 3 is 2.89 bits per heavy atom. The first-order valence-corrected chi connectivity index (χ1v) is 7.01. The summed E-state index contributed by atoms with van der Waals surface area (Å²) in [5.74, 6) is 0. The Kier molecular flexibility index (Phi) is 4.78. The summed E-state index contributed by atoms with van der Waals surface area (Å²) in [6.07, 6.45) is 9.51. The molecule has 1 saturated heterocycles. The zero-order valence-electron chi connectivity index (χ0n) is 12.0. The van der Waals surface area contributed by atoms with Crippen molar-refractivity contribution < 1.29 is 0 Å². The van der Waals surface area contributed by atoms with Gasteiger partial charge in [0.05, 0.1) is 6.20 Å². The minimum atomic E-state index is 0.751. The Morgan fingerprint density at radius 1 is 1.39 bits per heavy atom. The molecule has 2 heterocycles. The van der Waals surface area contributed by atoms with Crippen LogP contribution in [-0.2, 0) is 13.6 Å². The lowest BCUT2D eigenvalue weighted by molar-refractivity contribution is 0.124. The first kappa shape index (κ1) is 13.6. The van der Waals surface area contributed by atoms with Crippen LogP contribution in [0.5, 0.6) is 0 Å². The lowest BCUT2D eigenvalue weighted by atomic mass is 9.98. The zero-order valence-corrected chi connectivity index (χ0v) is 12.0. The third-order valence-electron chi connectivity index (χ3n) is 3.80. The third-order valence-corrected chi connectivity index (χ3v) is 3.80. The molecule has 0 unspecified atom stereocenters. The highest BCUT2D eigenvalue weighted by Crippen LogP contribution is 2.21. The standard InChI is InChI=1S/C14H26N4/c1-16(2)9-7-14-6-4-5-8-18(14)12-13-10-15-17(3)11-13/h10-11,14H,4-9,12H2,1-3H3/t14-/m1/s1. The summed E-state index contributed by atoms with van der Waals surface area (Å²) < 4.78 is 1.90. The van der Waals surface area contributed by atoms with Gasteiger partial charge in [0.15, 0.2) is 0 Å². The highest BCUT2D eigenvalue weighted by molar-refractivity contribution is 5.04. The van der Waals surface area contributed by atoms with Gasteiger partial charge in [0, 0.05) is 31.4 Å². The van der Waals surface area contributed by atoms with E-state index in [1.54, 1.807) is 0 Å². The van der Waals surface area contributed by atoms with Crippen LogP contribution >= 0.6 is 0 Å². The molecule has 0 aliphatic carbocycles. The van der Waals surface area contributed by atoms with Crippen LogP contribution in [0.25, 0.3) is 0 Å². The lowest BCUT2D eigenvalue weighted by Gasteiger charge is -2.36. The van der Waals surface area contributed by atoms with E-state index < -0.39 is 0 Å². The maximum absolute atomic E-state index is 4.26. The van der Waals surface area contributed by atoms with Crippen LogP contribution in [0.1, 0.15) is 31.2 Å². The molecule has 0 radical (unpaired) electrons. The summed E-state index contributed by atoms with van der Waals surface area (Å²) in [5, 5.41) is 4.26. The van der Waals surface area contributed by atoms with Crippen LogP contribution in [-0.4, -0.2) is 52.8 Å².